The summed E-state index contributed by atoms with van der Waals surface area (Å²) in [5, 5.41) is 11.4. The van der Waals surface area contributed by atoms with E-state index in [-0.39, 0.29) is 18.2 Å². The summed E-state index contributed by atoms with van der Waals surface area (Å²) in [5.74, 6) is 0.567. The van der Waals surface area contributed by atoms with Crippen LogP contribution in [0.1, 0.15) is 40.5 Å². The first-order valence-electron chi connectivity index (χ1n) is 9.89. The number of aliphatic hydroxyl groups excluding tert-OH is 1. The smallest absolute Gasteiger partial charge is 0.410 e. The molecule has 0 radical (unpaired) electrons. The Labute approximate surface area is 171 Å². The minimum Gasteiger partial charge on any atom is -0.444 e. The Morgan fingerprint density at radius 3 is 2.61 bits per heavy atom. The summed E-state index contributed by atoms with van der Waals surface area (Å²) in [4.78, 5) is 22.3. The number of aliphatic hydroxyl groups is 1. The van der Waals surface area contributed by atoms with Gasteiger partial charge in [-0.3, -0.25) is 0 Å². The minimum absolute atomic E-state index is 0.0734. The van der Waals surface area contributed by atoms with E-state index in [1.54, 1.807) is 11.1 Å². The standard InChI is InChI=1S/C19H31ClN4O4/c1-13-12-27-10-9-23(13)16-17(25)24(11-15(20)21-16)14-5-7-22(8-6-14)18(26)28-19(2,3)4/h11,13-14,17,25H,5-10,12H2,1-4H3/t13-,17-/m1/s1. The maximum atomic E-state index is 12.3. The topological polar surface area (TPSA) is 77.8 Å². The third-order valence-electron chi connectivity index (χ3n) is 5.19. The number of aliphatic imine (C=N–C) groups is 1. The lowest BCUT2D eigenvalue weighted by atomic mass is 10.0. The number of morpholine rings is 1. The van der Waals surface area contributed by atoms with Crippen molar-refractivity contribution in [2.24, 2.45) is 4.99 Å². The summed E-state index contributed by atoms with van der Waals surface area (Å²) >= 11 is 6.29. The molecule has 0 bridgehead atoms. The van der Waals surface area contributed by atoms with Crippen LogP contribution < -0.4 is 0 Å². The Morgan fingerprint density at radius 2 is 2.00 bits per heavy atom. The first-order valence-corrected chi connectivity index (χ1v) is 10.3. The van der Waals surface area contributed by atoms with Gasteiger partial charge in [0, 0.05) is 31.9 Å². The molecular weight excluding hydrogens is 384 g/mol. The summed E-state index contributed by atoms with van der Waals surface area (Å²) in [6, 6.07) is 0.199. The number of hydrogen-bond acceptors (Lipinski definition) is 7. The molecule has 3 rings (SSSR count). The third-order valence-corrected chi connectivity index (χ3v) is 5.37. The SMILES string of the molecule is C[C@@H]1COCCN1C1=NC(Cl)=CN(C2CCN(C(=O)OC(C)(C)C)CC2)[C@@H]1O. The number of halogens is 1. The quantitative estimate of drug-likeness (QED) is 0.662. The van der Waals surface area contributed by atoms with Crippen molar-refractivity contribution in [1.29, 1.82) is 0 Å². The van der Waals surface area contributed by atoms with Gasteiger partial charge in [-0.15, -0.1) is 0 Å². The number of nitrogens with zero attached hydrogens (tertiary/aromatic N) is 4. The molecule has 1 N–H and O–H groups in total. The van der Waals surface area contributed by atoms with Crippen molar-refractivity contribution in [2.75, 3.05) is 32.8 Å². The lowest BCUT2D eigenvalue weighted by Crippen LogP contribution is -2.58. The fourth-order valence-electron chi connectivity index (χ4n) is 3.78. The van der Waals surface area contributed by atoms with E-state index >= 15 is 0 Å². The van der Waals surface area contributed by atoms with Crippen molar-refractivity contribution >= 4 is 23.5 Å². The lowest BCUT2D eigenvalue weighted by molar-refractivity contribution is -0.00680. The van der Waals surface area contributed by atoms with Gasteiger partial charge < -0.3 is 29.3 Å². The fourth-order valence-corrected chi connectivity index (χ4v) is 3.98. The van der Waals surface area contributed by atoms with E-state index in [1.165, 1.54) is 0 Å². The molecule has 2 atom stereocenters. The van der Waals surface area contributed by atoms with E-state index in [0.717, 1.165) is 12.8 Å². The fraction of sp³-hybridized carbons (Fsp3) is 0.789. The molecule has 0 aliphatic carbocycles. The Morgan fingerprint density at radius 1 is 1.32 bits per heavy atom. The van der Waals surface area contributed by atoms with Gasteiger partial charge in [-0.05, 0) is 40.5 Å². The second kappa shape index (κ2) is 8.47. The van der Waals surface area contributed by atoms with Gasteiger partial charge in [0.05, 0.1) is 19.3 Å². The molecule has 0 aromatic heterocycles. The van der Waals surface area contributed by atoms with Crippen LogP contribution in [0.2, 0.25) is 0 Å². The van der Waals surface area contributed by atoms with E-state index in [4.69, 9.17) is 21.1 Å². The Balaban J connectivity index is 1.63. The molecular formula is C19H31ClN4O4. The van der Waals surface area contributed by atoms with Gasteiger partial charge in [-0.25, -0.2) is 9.79 Å². The maximum Gasteiger partial charge on any atom is 0.410 e. The molecule has 3 aliphatic heterocycles. The highest BCUT2D eigenvalue weighted by molar-refractivity contribution is 6.30. The van der Waals surface area contributed by atoms with Crippen LogP contribution in [-0.4, -0.2) is 88.5 Å². The summed E-state index contributed by atoms with van der Waals surface area (Å²) in [5.41, 5.74) is -0.506. The highest BCUT2D eigenvalue weighted by Crippen LogP contribution is 2.27. The zero-order valence-corrected chi connectivity index (χ0v) is 17.9. The number of amidine groups is 1. The van der Waals surface area contributed by atoms with Crippen molar-refractivity contribution in [3.63, 3.8) is 0 Å². The van der Waals surface area contributed by atoms with E-state index < -0.39 is 11.8 Å². The molecule has 0 saturated carbocycles. The second-order valence-electron chi connectivity index (χ2n) is 8.56. The van der Waals surface area contributed by atoms with Crippen molar-refractivity contribution in [1.82, 2.24) is 14.7 Å². The summed E-state index contributed by atoms with van der Waals surface area (Å²) in [6.07, 6.45) is 2.00. The molecule has 0 spiro atoms. The van der Waals surface area contributed by atoms with Gasteiger partial charge in [0.25, 0.3) is 0 Å². The number of rotatable bonds is 1. The number of carbonyl (C=O) groups is 1. The van der Waals surface area contributed by atoms with Crippen LogP contribution in [0.25, 0.3) is 0 Å². The van der Waals surface area contributed by atoms with Crippen molar-refractivity contribution in [3.05, 3.63) is 11.4 Å². The molecule has 0 aromatic carbocycles. The van der Waals surface area contributed by atoms with Gasteiger partial charge in [0.2, 0.25) is 0 Å². The molecule has 3 heterocycles. The number of carbonyl (C=O) groups excluding carboxylic acids is 1. The first kappa shape index (κ1) is 21.2. The predicted octanol–water partition coefficient (Wildman–Crippen LogP) is 2.18. The van der Waals surface area contributed by atoms with Gasteiger partial charge in [0.15, 0.2) is 12.1 Å². The summed E-state index contributed by atoms with van der Waals surface area (Å²) in [7, 11) is 0. The number of amides is 1. The maximum absolute atomic E-state index is 12.3. The number of ether oxygens (including phenoxy) is 2. The molecule has 1 amide bonds. The van der Waals surface area contributed by atoms with E-state index in [1.807, 2.05) is 32.6 Å². The summed E-state index contributed by atoms with van der Waals surface area (Å²) in [6.45, 7) is 10.7. The molecule has 28 heavy (non-hydrogen) atoms. The molecule has 9 heteroatoms. The zero-order chi connectivity index (χ0) is 20.5. The predicted molar refractivity (Wildman–Crippen MR) is 107 cm³/mol. The largest absolute Gasteiger partial charge is 0.444 e. The average molecular weight is 415 g/mol. The van der Waals surface area contributed by atoms with Gasteiger partial charge in [0.1, 0.15) is 10.8 Å². The normalized spacial score (nSPS) is 27.4. The van der Waals surface area contributed by atoms with Crippen molar-refractivity contribution < 1.29 is 19.4 Å². The number of hydrogen-bond donors (Lipinski definition) is 1. The van der Waals surface area contributed by atoms with Crippen LogP contribution >= 0.6 is 11.6 Å². The van der Waals surface area contributed by atoms with E-state index in [0.29, 0.717) is 43.8 Å². The molecule has 2 fully saturated rings. The van der Waals surface area contributed by atoms with Crippen LogP contribution in [0.15, 0.2) is 16.3 Å². The highest BCUT2D eigenvalue weighted by atomic mass is 35.5. The van der Waals surface area contributed by atoms with E-state index in [2.05, 4.69) is 9.89 Å². The minimum atomic E-state index is -0.860. The summed E-state index contributed by atoms with van der Waals surface area (Å²) < 4.78 is 10.9. The average Bonchev–Trinajstić information content (AvgIpc) is 2.63. The Bertz CT molecular complexity index is 640. The van der Waals surface area contributed by atoms with Crippen LogP contribution in [0, 0.1) is 0 Å². The molecule has 158 valence electrons. The van der Waals surface area contributed by atoms with E-state index in [9.17, 15) is 9.90 Å². The molecule has 8 nitrogen and oxygen atoms in total. The van der Waals surface area contributed by atoms with Gasteiger partial charge >= 0.3 is 6.09 Å². The second-order valence-corrected chi connectivity index (χ2v) is 8.95. The van der Waals surface area contributed by atoms with Crippen LogP contribution in [0.4, 0.5) is 4.79 Å². The molecule has 0 aromatic rings. The Hall–Kier alpha value is -1.51. The van der Waals surface area contributed by atoms with Gasteiger partial charge in [-0.1, -0.05) is 11.6 Å². The third kappa shape index (κ3) is 4.90. The highest BCUT2D eigenvalue weighted by Gasteiger charge is 2.37. The molecule has 0 unspecified atom stereocenters. The van der Waals surface area contributed by atoms with Crippen LogP contribution in [0.5, 0.6) is 0 Å². The monoisotopic (exact) mass is 414 g/mol. The van der Waals surface area contributed by atoms with Gasteiger partial charge in [-0.2, -0.15) is 0 Å². The molecule has 3 aliphatic rings. The van der Waals surface area contributed by atoms with Crippen molar-refractivity contribution in [3.8, 4) is 0 Å². The van der Waals surface area contributed by atoms with Crippen LogP contribution in [-0.2, 0) is 9.47 Å². The zero-order valence-electron chi connectivity index (χ0n) is 17.1. The Kier molecular flexibility index (Phi) is 6.41. The lowest BCUT2D eigenvalue weighted by Gasteiger charge is -2.45. The van der Waals surface area contributed by atoms with Crippen molar-refractivity contribution in [2.45, 2.75) is 64.4 Å². The van der Waals surface area contributed by atoms with Crippen LogP contribution in [0.3, 0.4) is 0 Å². The molecule has 2 saturated heterocycles. The number of likely N-dealkylation sites (tertiary alicyclic amines) is 1. The first-order chi connectivity index (χ1) is 13.2. The number of piperidine rings is 1.